The molecule has 18 heavy (non-hydrogen) atoms. The van der Waals surface area contributed by atoms with Crippen LogP contribution in [0.15, 0.2) is 15.5 Å². The smallest absolute Gasteiger partial charge is 0.283 e. The Balaban J connectivity index is 3.01. The second-order valence-electron chi connectivity index (χ2n) is 4.52. The molecule has 0 fully saturated rings. The summed E-state index contributed by atoms with van der Waals surface area (Å²) >= 11 is 3.21. The van der Waals surface area contributed by atoms with E-state index >= 15 is 0 Å². The third-order valence-electron chi connectivity index (χ3n) is 2.32. The van der Waals surface area contributed by atoms with Gasteiger partial charge in [0.1, 0.15) is 10.5 Å². The average Bonchev–Trinajstić information content (AvgIpc) is 2.28. The maximum absolute atomic E-state index is 12.0. The molecule has 1 aromatic heterocycles. The first-order chi connectivity index (χ1) is 8.32. The van der Waals surface area contributed by atoms with Crippen molar-refractivity contribution in [2.45, 2.75) is 33.4 Å². The minimum absolute atomic E-state index is 0.231. The SMILES string of the molecule is CC(C)Cn1ncc(NC(C)C(N)=O)c(Br)c1=O. The molecule has 0 bridgehead atoms. The lowest BCUT2D eigenvalue weighted by atomic mass is 10.2. The molecule has 0 aliphatic carbocycles. The molecule has 0 aliphatic heterocycles. The van der Waals surface area contributed by atoms with Gasteiger partial charge in [-0.15, -0.1) is 0 Å². The van der Waals surface area contributed by atoms with Crippen LogP contribution in [-0.4, -0.2) is 21.7 Å². The van der Waals surface area contributed by atoms with Crippen molar-refractivity contribution in [2.75, 3.05) is 5.32 Å². The number of hydrogen-bond acceptors (Lipinski definition) is 4. The molecule has 0 saturated carbocycles. The Morgan fingerprint density at radius 1 is 1.56 bits per heavy atom. The zero-order valence-corrected chi connectivity index (χ0v) is 12.2. The van der Waals surface area contributed by atoms with Gasteiger partial charge in [-0.3, -0.25) is 9.59 Å². The Bertz CT molecular complexity index is 498. The molecular formula is C11H17BrN4O2. The van der Waals surface area contributed by atoms with Crippen LogP contribution in [0.3, 0.4) is 0 Å². The van der Waals surface area contributed by atoms with E-state index in [1.807, 2.05) is 13.8 Å². The zero-order chi connectivity index (χ0) is 13.9. The van der Waals surface area contributed by atoms with Crippen LogP contribution < -0.4 is 16.6 Å². The van der Waals surface area contributed by atoms with E-state index in [-0.39, 0.29) is 5.56 Å². The van der Waals surface area contributed by atoms with Crippen molar-refractivity contribution in [2.24, 2.45) is 11.7 Å². The number of aromatic nitrogens is 2. The largest absolute Gasteiger partial charge is 0.372 e. The summed E-state index contributed by atoms with van der Waals surface area (Å²) in [5, 5.41) is 6.88. The first-order valence-electron chi connectivity index (χ1n) is 5.64. The topological polar surface area (TPSA) is 90.0 Å². The molecule has 3 N–H and O–H groups in total. The number of primary amides is 1. The highest BCUT2D eigenvalue weighted by atomic mass is 79.9. The molecule has 0 spiro atoms. The van der Waals surface area contributed by atoms with Crippen LogP contribution in [0.5, 0.6) is 0 Å². The molecule has 1 rings (SSSR count). The standard InChI is InChI=1S/C11H17BrN4O2/c1-6(2)5-16-11(18)9(12)8(4-14-16)15-7(3)10(13)17/h4,6-7,15H,5H2,1-3H3,(H2,13,17). The number of halogens is 1. The molecule has 100 valence electrons. The van der Waals surface area contributed by atoms with Crippen molar-refractivity contribution >= 4 is 27.5 Å². The van der Waals surface area contributed by atoms with Gasteiger partial charge in [-0.25, -0.2) is 4.68 Å². The number of hydrogen-bond donors (Lipinski definition) is 2. The number of carbonyl (C=O) groups is 1. The van der Waals surface area contributed by atoms with Crippen LogP contribution >= 0.6 is 15.9 Å². The molecule has 0 radical (unpaired) electrons. The summed E-state index contributed by atoms with van der Waals surface area (Å²) < 4.78 is 1.74. The van der Waals surface area contributed by atoms with Crippen molar-refractivity contribution < 1.29 is 4.79 Å². The van der Waals surface area contributed by atoms with Crippen molar-refractivity contribution in [3.8, 4) is 0 Å². The summed E-state index contributed by atoms with van der Waals surface area (Å²) in [6.07, 6.45) is 1.51. The molecule has 1 aromatic rings. The minimum Gasteiger partial charge on any atom is -0.372 e. The van der Waals surface area contributed by atoms with E-state index in [0.717, 1.165) is 0 Å². The Labute approximate surface area is 114 Å². The van der Waals surface area contributed by atoms with Gasteiger partial charge in [0, 0.05) is 6.54 Å². The average molecular weight is 317 g/mol. The highest BCUT2D eigenvalue weighted by Crippen LogP contribution is 2.17. The van der Waals surface area contributed by atoms with Crippen molar-refractivity contribution in [1.29, 1.82) is 0 Å². The van der Waals surface area contributed by atoms with Gasteiger partial charge in [0.2, 0.25) is 5.91 Å². The van der Waals surface area contributed by atoms with Crippen LogP contribution in [-0.2, 0) is 11.3 Å². The summed E-state index contributed by atoms with van der Waals surface area (Å²) in [6.45, 7) is 6.17. The van der Waals surface area contributed by atoms with Crippen molar-refractivity contribution in [3.63, 3.8) is 0 Å². The lowest BCUT2D eigenvalue weighted by Gasteiger charge is -2.14. The maximum Gasteiger partial charge on any atom is 0.283 e. The van der Waals surface area contributed by atoms with Crippen LogP contribution in [0, 0.1) is 5.92 Å². The van der Waals surface area contributed by atoms with Crippen LogP contribution in [0.2, 0.25) is 0 Å². The number of nitrogens with two attached hydrogens (primary N) is 1. The van der Waals surface area contributed by atoms with Crippen LogP contribution in [0.25, 0.3) is 0 Å². The Kier molecular flexibility index (Phi) is 4.89. The molecule has 1 unspecified atom stereocenters. The second kappa shape index (κ2) is 5.99. The predicted octanol–water partition coefficient (Wildman–Crippen LogP) is 0.948. The van der Waals surface area contributed by atoms with E-state index in [1.165, 1.54) is 10.9 Å². The van der Waals surface area contributed by atoms with Gasteiger partial charge in [-0.05, 0) is 28.8 Å². The Hall–Kier alpha value is -1.37. The van der Waals surface area contributed by atoms with Crippen molar-refractivity contribution in [1.82, 2.24) is 9.78 Å². The number of nitrogens with one attached hydrogen (secondary N) is 1. The van der Waals surface area contributed by atoms with E-state index in [4.69, 9.17) is 5.73 Å². The quantitative estimate of drug-likeness (QED) is 0.846. The predicted molar refractivity (Wildman–Crippen MR) is 73.3 cm³/mol. The molecule has 1 heterocycles. The third kappa shape index (κ3) is 3.56. The molecule has 7 heteroatoms. The van der Waals surface area contributed by atoms with Gasteiger partial charge < -0.3 is 11.1 Å². The Morgan fingerprint density at radius 2 is 2.17 bits per heavy atom. The molecule has 0 aromatic carbocycles. The first kappa shape index (κ1) is 14.7. The zero-order valence-electron chi connectivity index (χ0n) is 10.6. The number of amides is 1. The highest BCUT2D eigenvalue weighted by molar-refractivity contribution is 9.10. The molecule has 1 atom stereocenters. The van der Waals surface area contributed by atoms with Gasteiger partial charge in [0.05, 0.1) is 11.9 Å². The molecule has 6 nitrogen and oxygen atoms in total. The first-order valence-corrected chi connectivity index (χ1v) is 6.43. The van der Waals surface area contributed by atoms with E-state index in [1.54, 1.807) is 6.92 Å². The van der Waals surface area contributed by atoms with Crippen molar-refractivity contribution in [3.05, 3.63) is 21.0 Å². The summed E-state index contributed by atoms with van der Waals surface area (Å²) in [5.74, 6) is -0.168. The third-order valence-corrected chi connectivity index (χ3v) is 3.09. The summed E-state index contributed by atoms with van der Waals surface area (Å²) in [6, 6.07) is -0.566. The van der Waals surface area contributed by atoms with E-state index in [2.05, 4.69) is 26.3 Å². The second-order valence-corrected chi connectivity index (χ2v) is 5.31. The lowest BCUT2D eigenvalue weighted by molar-refractivity contribution is -0.118. The van der Waals surface area contributed by atoms with Gasteiger partial charge in [-0.2, -0.15) is 5.10 Å². The number of anilines is 1. The summed E-state index contributed by atoms with van der Waals surface area (Å²) in [4.78, 5) is 22.9. The Morgan fingerprint density at radius 3 is 2.67 bits per heavy atom. The molecular weight excluding hydrogens is 300 g/mol. The summed E-state index contributed by atoms with van der Waals surface area (Å²) in [7, 11) is 0. The molecule has 1 amide bonds. The van der Waals surface area contributed by atoms with Gasteiger partial charge in [-0.1, -0.05) is 13.8 Å². The number of carbonyl (C=O) groups excluding carboxylic acids is 1. The van der Waals surface area contributed by atoms with E-state index in [9.17, 15) is 9.59 Å². The van der Waals surface area contributed by atoms with Gasteiger partial charge in [0.15, 0.2) is 0 Å². The molecule has 0 saturated heterocycles. The van der Waals surface area contributed by atoms with Gasteiger partial charge >= 0.3 is 0 Å². The van der Waals surface area contributed by atoms with E-state index in [0.29, 0.717) is 22.6 Å². The fourth-order valence-electron chi connectivity index (χ4n) is 1.35. The molecule has 0 aliphatic rings. The minimum atomic E-state index is -0.566. The fourth-order valence-corrected chi connectivity index (χ4v) is 1.77. The maximum atomic E-state index is 12.0. The summed E-state index contributed by atoms with van der Waals surface area (Å²) in [5.41, 5.74) is 5.38. The van der Waals surface area contributed by atoms with E-state index < -0.39 is 11.9 Å². The van der Waals surface area contributed by atoms with Gasteiger partial charge in [0.25, 0.3) is 5.56 Å². The number of rotatable bonds is 5. The van der Waals surface area contributed by atoms with Crippen LogP contribution in [0.4, 0.5) is 5.69 Å². The highest BCUT2D eigenvalue weighted by Gasteiger charge is 2.14. The monoisotopic (exact) mass is 316 g/mol. The normalized spacial score (nSPS) is 12.5. The lowest BCUT2D eigenvalue weighted by Crippen LogP contribution is -2.34. The number of nitrogens with zero attached hydrogens (tertiary/aromatic N) is 2. The van der Waals surface area contributed by atoms with Crippen LogP contribution in [0.1, 0.15) is 20.8 Å². The fraction of sp³-hybridized carbons (Fsp3) is 0.545.